The Kier molecular flexibility index (Phi) is 1.51. The summed E-state index contributed by atoms with van der Waals surface area (Å²) in [5.41, 5.74) is 2.48. The van der Waals surface area contributed by atoms with E-state index in [1.165, 1.54) is 17.5 Å². The minimum absolute atomic E-state index is 0.259. The zero-order valence-corrected chi connectivity index (χ0v) is 9.40. The minimum atomic E-state index is 0.259. The molecule has 84 valence electrons. The van der Waals surface area contributed by atoms with Crippen LogP contribution in [0.15, 0.2) is 12.1 Å². The summed E-state index contributed by atoms with van der Waals surface area (Å²) in [7, 11) is 3.44. The Morgan fingerprint density at radius 3 is 1.94 bits per heavy atom. The van der Waals surface area contributed by atoms with Crippen molar-refractivity contribution in [2.45, 2.75) is 18.6 Å². The average molecular weight is 218 g/mol. The van der Waals surface area contributed by atoms with E-state index < -0.39 is 0 Å². The quantitative estimate of drug-likeness (QED) is 0.763. The van der Waals surface area contributed by atoms with Crippen LogP contribution in [0.3, 0.4) is 0 Å². The van der Waals surface area contributed by atoms with Gasteiger partial charge in [0.25, 0.3) is 0 Å². The van der Waals surface area contributed by atoms with Crippen molar-refractivity contribution in [2.75, 3.05) is 14.2 Å². The van der Waals surface area contributed by atoms with Crippen molar-refractivity contribution in [3.8, 4) is 11.5 Å². The molecule has 4 rings (SSSR count). The van der Waals surface area contributed by atoms with Crippen molar-refractivity contribution < 1.29 is 14.2 Å². The maximum Gasteiger partial charge on any atom is 0.125 e. The van der Waals surface area contributed by atoms with Gasteiger partial charge in [-0.1, -0.05) is 0 Å². The van der Waals surface area contributed by atoms with E-state index in [2.05, 4.69) is 0 Å². The van der Waals surface area contributed by atoms with Gasteiger partial charge in [-0.2, -0.15) is 0 Å². The summed E-state index contributed by atoms with van der Waals surface area (Å²) in [4.78, 5) is 0. The van der Waals surface area contributed by atoms with E-state index in [4.69, 9.17) is 14.2 Å². The summed E-state index contributed by atoms with van der Waals surface area (Å²) in [6.45, 7) is 0. The molecule has 2 bridgehead atoms. The number of benzene rings is 1. The van der Waals surface area contributed by atoms with Gasteiger partial charge in [0.15, 0.2) is 0 Å². The van der Waals surface area contributed by atoms with Gasteiger partial charge in [-0.3, -0.25) is 0 Å². The van der Waals surface area contributed by atoms with Crippen LogP contribution in [0.25, 0.3) is 0 Å². The van der Waals surface area contributed by atoms with Crippen molar-refractivity contribution in [1.82, 2.24) is 0 Å². The summed E-state index contributed by atoms with van der Waals surface area (Å²) in [6, 6.07) is 3.97. The zero-order valence-electron chi connectivity index (χ0n) is 9.40. The summed E-state index contributed by atoms with van der Waals surface area (Å²) >= 11 is 0. The molecule has 2 heterocycles. The number of rotatable bonds is 2. The molecule has 0 radical (unpaired) electrons. The van der Waals surface area contributed by atoms with Crippen LogP contribution in [0.4, 0.5) is 0 Å². The standard InChI is InChI=1S/C13H14O3/c1-14-8-3-4-9(15-2)11-10(8)12-6-5-7(6)13(11)16-12/h3-4,6-7,12-13H,5H2,1-2H3. The molecule has 2 fully saturated rings. The monoisotopic (exact) mass is 218 g/mol. The second kappa shape index (κ2) is 2.72. The smallest absolute Gasteiger partial charge is 0.125 e. The highest BCUT2D eigenvalue weighted by Crippen LogP contribution is 2.71. The van der Waals surface area contributed by atoms with Gasteiger partial charge < -0.3 is 14.2 Å². The molecule has 4 atom stereocenters. The Hall–Kier alpha value is -1.22. The van der Waals surface area contributed by atoms with Crippen molar-refractivity contribution in [3.63, 3.8) is 0 Å². The molecule has 1 aliphatic carbocycles. The first-order chi connectivity index (χ1) is 7.85. The van der Waals surface area contributed by atoms with Crippen LogP contribution < -0.4 is 9.47 Å². The van der Waals surface area contributed by atoms with Gasteiger partial charge in [0, 0.05) is 11.1 Å². The van der Waals surface area contributed by atoms with Crippen LogP contribution in [-0.4, -0.2) is 14.2 Å². The predicted molar refractivity (Wildman–Crippen MR) is 57.7 cm³/mol. The molecule has 16 heavy (non-hydrogen) atoms. The highest BCUT2D eigenvalue weighted by Gasteiger charge is 2.63. The second-order valence-electron chi connectivity index (χ2n) is 4.84. The third-order valence-corrected chi connectivity index (χ3v) is 4.18. The van der Waals surface area contributed by atoms with Crippen molar-refractivity contribution >= 4 is 0 Å². The molecule has 4 unspecified atom stereocenters. The van der Waals surface area contributed by atoms with Crippen molar-refractivity contribution in [3.05, 3.63) is 23.3 Å². The van der Waals surface area contributed by atoms with E-state index in [-0.39, 0.29) is 12.2 Å². The lowest BCUT2D eigenvalue weighted by Crippen LogP contribution is -2.05. The van der Waals surface area contributed by atoms with E-state index in [0.717, 1.165) is 23.3 Å². The Morgan fingerprint density at radius 1 is 1.00 bits per heavy atom. The maximum absolute atomic E-state index is 6.03. The highest BCUT2D eigenvalue weighted by molar-refractivity contribution is 5.56. The molecule has 3 aliphatic rings. The van der Waals surface area contributed by atoms with E-state index in [9.17, 15) is 0 Å². The Morgan fingerprint density at radius 2 is 1.50 bits per heavy atom. The highest BCUT2D eigenvalue weighted by atomic mass is 16.5. The molecule has 0 N–H and O–H groups in total. The second-order valence-corrected chi connectivity index (χ2v) is 4.84. The number of hydrogen-bond acceptors (Lipinski definition) is 3. The van der Waals surface area contributed by atoms with Gasteiger partial charge in [0.05, 0.1) is 26.4 Å². The van der Waals surface area contributed by atoms with Gasteiger partial charge in [-0.05, 0) is 30.4 Å². The lowest BCUT2D eigenvalue weighted by atomic mass is 9.90. The normalized spacial score (nSPS) is 36.9. The SMILES string of the molecule is COc1ccc(OC)c2c1C1OC2C2CC12. The van der Waals surface area contributed by atoms with E-state index in [1.54, 1.807) is 14.2 Å². The van der Waals surface area contributed by atoms with Crippen LogP contribution in [0.2, 0.25) is 0 Å². The largest absolute Gasteiger partial charge is 0.496 e. The zero-order chi connectivity index (χ0) is 10.9. The average Bonchev–Trinajstić information content (AvgIpc) is 2.94. The van der Waals surface area contributed by atoms with Crippen molar-refractivity contribution in [2.24, 2.45) is 11.8 Å². The number of fused-ring (bicyclic) bond motifs is 8. The molecular weight excluding hydrogens is 204 g/mol. The lowest BCUT2D eigenvalue weighted by Gasteiger charge is -2.17. The molecule has 0 spiro atoms. The van der Waals surface area contributed by atoms with Crippen LogP contribution in [0.1, 0.15) is 29.8 Å². The number of methoxy groups -OCH3 is 2. The van der Waals surface area contributed by atoms with E-state index >= 15 is 0 Å². The fourth-order valence-electron chi connectivity index (χ4n) is 3.40. The summed E-state index contributed by atoms with van der Waals surface area (Å²) in [5.74, 6) is 3.37. The van der Waals surface area contributed by atoms with Gasteiger partial charge in [0.1, 0.15) is 11.5 Å². The summed E-state index contributed by atoms with van der Waals surface area (Å²) < 4.78 is 16.9. The van der Waals surface area contributed by atoms with Gasteiger partial charge in [-0.25, -0.2) is 0 Å². The van der Waals surface area contributed by atoms with Crippen molar-refractivity contribution in [1.29, 1.82) is 0 Å². The molecule has 1 aromatic rings. The Bertz CT molecular complexity index is 427. The first-order valence-corrected chi connectivity index (χ1v) is 5.75. The summed E-state index contributed by atoms with van der Waals surface area (Å²) in [6.07, 6.45) is 1.82. The van der Waals surface area contributed by atoms with Crippen LogP contribution in [0, 0.1) is 11.8 Å². The first-order valence-electron chi connectivity index (χ1n) is 5.75. The first kappa shape index (κ1) is 8.88. The molecule has 0 aromatic heterocycles. The molecule has 3 nitrogen and oxygen atoms in total. The van der Waals surface area contributed by atoms with Gasteiger partial charge in [0.2, 0.25) is 0 Å². The molecule has 1 saturated carbocycles. The number of ether oxygens (including phenoxy) is 3. The third-order valence-electron chi connectivity index (χ3n) is 4.18. The number of hydrogen-bond donors (Lipinski definition) is 0. The minimum Gasteiger partial charge on any atom is -0.496 e. The van der Waals surface area contributed by atoms with E-state index in [0.29, 0.717) is 0 Å². The fraction of sp³-hybridized carbons (Fsp3) is 0.538. The molecule has 1 aromatic carbocycles. The maximum atomic E-state index is 6.03. The topological polar surface area (TPSA) is 27.7 Å². The van der Waals surface area contributed by atoms with Gasteiger partial charge >= 0.3 is 0 Å². The molecular formula is C13H14O3. The van der Waals surface area contributed by atoms with Gasteiger partial charge in [-0.15, -0.1) is 0 Å². The Balaban J connectivity index is 1.96. The fourth-order valence-corrected chi connectivity index (χ4v) is 3.40. The molecule has 1 saturated heterocycles. The molecule has 3 heteroatoms. The molecule has 0 amide bonds. The van der Waals surface area contributed by atoms with Crippen LogP contribution in [-0.2, 0) is 4.74 Å². The lowest BCUT2D eigenvalue weighted by molar-refractivity contribution is 0.0379. The van der Waals surface area contributed by atoms with Crippen LogP contribution >= 0.6 is 0 Å². The van der Waals surface area contributed by atoms with Crippen LogP contribution in [0.5, 0.6) is 11.5 Å². The predicted octanol–water partition coefficient (Wildman–Crippen LogP) is 2.47. The molecule has 2 aliphatic heterocycles. The van der Waals surface area contributed by atoms with E-state index in [1.807, 2.05) is 12.1 Å². The third kappa shape index (κ3) is 0.846. The summed E-state index contributed by atoms with van der Waals surface area (Å²) in [5, 5.41) is 0. The Labute approximate surface area is 94.3 Å².